The van der Waals surface area contributed by atoms with Gasteiger partial charge in [-0.05, 0) is 66.2 Å². The van der Waals surface area contributed by atoms with Crippen LogP contribution in [0.3, 0.4) is 0 Å². The van der Waals surface area contributed by atoms with Crippen molar-refractivity contribution in [2.45, 2.75) is 12.7 Å². The highest BCUT2D eigenvalue weighted by molar-refractivity contribution is 5.95. The van der Waals surface area contributed by atoms with Crippen molar-refractivity contribution in [2.24, 2.45) is 0 Å². The zero-order valence-corrected chi connectivity index (χ0v) is 18.4. The molecule has 5 rings (SSSR count). The minimum Gasteiger partial charge on any atom is -0.487 e. The van der Waals surface area contributed by atoms with Gasteiger partial charge in [0, 0.05) is 12.4 Å². The first kappa shape index (κ1) is 21.6. The van der Waals surface area contributed by atoms with Crippen molar-refractivity contribution in [3.63, 3.8) is 0 Å². The van der Waals surface area contributed by atoms with Crippen molar-refractivity contribution in [3.05, 3.63) is 102 Å². The van der Waals surface area contributed by atoms with E-state index < -0.39 is 5.97 Å². The average molecular weight is 456 g/mol. The van der Waals surface area contributed by atoms with Crippen molar-refractivity contribution in [2.75, 3.05) is 18.0 Å². The molecule has 0 saturated carbocycles. The Morgan fingerprint density at radius 2 is 1.59 bits per heavy atom. The molecule has 4 aromatic rings. The van der Waals surface area contributed by atoms with E-state index >= 15 is 0 Å². The molecular weight excluding hydrogens is 432 g/mol. The Morgan fingerprint density at radius 3 is 2.29 bits per heavy atom. The van der Waals surface area contributed by atoms with Gasteiger partial charge in [0.05, 0.1) is 36.6 Å². The van der Waals surface area contributed by atoms with Crippen molar-refractivity contribution < 1.29 is 24.5 Å². The van der Waals surface area contributed by atoms with E-state index in [1.165, 1.54) is 0 Å². The number of benzene rings is 3. The molecule has 1 aliphatic heterocycles. The van der Waals surface area contributed by atoms with Crippen LogP contribution < -0.4 is 14.4 Å². The number of aliphatic hydroxyl groups is 1. The third kappa shape index (κ3) is 4.46. The lowest BCUT2D eigenvalue weighted by atomic mass is 10.1. The number of carboxylic acid groups (broad SMARTS) is 1. The molecule has 0 atom stereocenters. The summed E-state index contributed by atoms with van der Waals surface area (Å²) in [5.74, 6) is 1.13. The molecule has 0 aliphatic carbocycles. The van der Waals surface area contributed by atoms with Gasteiger partial charge < -0.3 is 29.2 Å². The highest BCUT2D eigenvalue weighted by Crippen LogP contribution is 2.33. The van der Waals surface area contributed by atoms with E-state index in [2.05, 4.69) is 4.90 Å². The minimum atomic E-state index is -0.954. The highest BCUT2D eigenvalue weighted by atomic mass is 16.5. The number of anilines is 1. The third-order valence-electron chi connectivity index (χ3n) is 5.74. The van der Waals surface area contributed by atoms with Gasteiger partial charge in [0.1, 0.15) is 23.4 Å². The monoisotopic (exact) mass is 456 g/mol. The summed E-state index contributed by atoms with van der Waals surface area (Å²) < 4.78 is 13.8. The van der Waals surface area contributed by atoms with E-state index in [0.717, 1.165) is 17.0 Å². The van der Waals surface area contributed by atoms with E-state index in [4.69, 9.17) is 9.47 Å². The maximum Gasteiger partial charge on any atom is 0.337 e. The maximum atomic E-state index is 11.8. The molecule has 2 heterocycles. The van der Waals surface area contributed by atoms with Crippen LogP contribution in [0.25, 0.3) is 5.69 Å². The number of aromatic carboxylic acids is 1. The van der Waals surface area contributed by atoms with Crippen LogP contribution in [-0.4, -0.2) is 39.9 Å². The standard InChI is InChI=1S/C27H24N2O5/c30-18-19-5-3-6-22(15-19)33-20-9-11-21(12-10-20)34-23-16-29(17-23)25-8-4-7-24(27(31)32)26(25)28-13-1-2-14-28/h1-15,23,30H,16-18H2,(H,31,32). The number of para-hydroxylation sites is 1. The Balaban J connectivity index is 1.23. The first-order chi connectivity index (χ1) is 16.6. The second-order valence-corrected chi connectivity index (χ2v) is 8.09. The number of rotatable bonds is 8. The number of carboxylic acids is 1. The van der Waals surface area contributed by atoms with Gasteiger partial charge in [-0.2, -0.15) is 0 Å². The number of aliphatic hydroxyl groups excluding tert-OH is 1. The summed E-state index contributed by atoms with van der Waals surface area (Å²) in [5, 5.41) is 18.9. The van der Waals surface area contributed by atoms with Crippen LogP contribution in [-0.2, 0) is 6.61 Å². The van der Waals surface area contributed by atoms with Gasteiger partial charge >= 0.3 is 5.97 Å². The summed E-state index contributed by atoms with van der Waals surface area (Å²) in [6.07, 6.45) is 3.70. The molecule has 0 amide bonds. The van der Waals surface area contributed by atoms with Gasteiger partial charge in [0.15, 0.2) is 0 Å². The quantitative estimate of drug-likeness (QED) is 0.399. The van der Waals surface area contributed by atoms with Gasteiger partial charge in [-0.15, -0.1) is 0 Å². The number of hydrogen-bond acceptors (Lipinski definition) is 5. The topological polar surface area (TPSA) is 84.2 Å². The molecule has 172 valence electrons. The number of hydrogen-bond donors (Lipinski definition) is 2. The molecule has 0 radical (unpaired) electrons. The van der Waals surface area contributed by atoms with Crippen LogP contribution in [0.15, 0.2) is 91.3 Å². The lowest BCUT2D eigenvalue weighted by molar-refractivity contribution is 0.0697. The first-order valence-corrected chi connectivity index (χ1v) is 11.0. The summed E-state index contributed by atoms with van der Waals surface area (Å²) in [6.45, 7) is 1.28. The van der Waals surface area contributed by atoms with E-state index in [9.17, 15) is 15.0 Å². The van der Waals surface area contributed by atoms with Crippen molar-refractivity contribution >= 4 is 11.7 Å². The fourth-order valence-corrected chi connectivity index (χ4v) is 4.05. The van der Waals surface area contributed by atoms with Gasteiger partial charge in [0.2, 0.25) is 0 Å². The van der Waals surface area contributed by atoms with E-state index in [-0.39, 0.29) is 18.3 Å². The van der Waals surface area contributed by atoms with Gasteiger partial charge in [0.25, 0.3) is 0 Å². The number of aromatic nitrogens is 1. The molecule has 34 heavy (non-hydrogen) atoms. The summed E-state index contributed by atoms with van der Waals surface area (Å²) >= 11 is 0. The Labute approximate surface area is 197 Å². The molecule has 7 heteroatoms. The molecule has 1 aliphatic rings. The molecule has 7 nitrogen and oxygen atoms in total. The smallest absolute Gasteiger partial charge is 0.337 e. The lowest BCUT2D eigenvalue weighted by Crippen LogP contribution is -2.54. The summed E-state index contributed by atoms with van der Waals surface area (Å²) in [5.41, 5.74) is 2.58. The first-order valence-electron chi connectivity index (χ1n) is 11.0. The van der Waals surface area contributed by atoms with Crippen molar-refractivity contribution in [3.8, 4) is 22.9 Å². The second-order valence-electron chi connectivity index (χ2n) is 8.09. The molecule has 0 spiro atoms. The summed E-state index contributed by atoms with van der Waals surface area (Å²) in [6, 6.07) is 23.8. The van der Waals surface area contributed by atoms with Crippen molar-refractivity contribution in [1.29, 1.82) is 0 Å². The minimum absolute atomic E-state index is 0.000925. The van der Waals surface area contributed by atoms with Crippen LogP contribution >= 0.6 is 0 Å². The molecule has 3 aromatic carbocycles. The Kier molecular flexibility index (Phi) is 5.93. The molecule has 1 fully saturated rings. The predicted octanol–water partition coefficient (Wildman–Crippen LogP) is 4.73. The van der Waals surface area contributed by atoms with E-state index in [0.29, 0.717) is 30.3 Å². The zero-order valence-electron chi connectivity index (χ0n) is 18.4. The van der Waals surface area contributed by atoms with Gasteiger partial charge in [-0.1, -0.05) is 18.2 Å². The molecule has 1 saturated heterocycles. The fourth-order valence-electron chi connectivity index (χ4n) is 4.05. The van der Waals surface area contributed by atoms with Crippen LogP contribution in [0.1, 0.15) is 15.9 Å². The molecule has 0 unspecified atom stereocenters. The maximum absolute atomic E-state index is 11.8. The second kappa shape index (κ2) is 9.33. The van der Waals surface area contributed by atoms with Crippen LogP contribution in [0.5, 0.6) is 17.2 Å². The highest BCUT2D eigenvalue weighted by Gasteiger charge is 2.31. The number of ether oxygens (including phenoxy) is 2. The van der Waals surface area contributed by atoms with Crippen LogP contribution in [0.4, 0.5) is 5.69 Å². The average Bonchev–Trinajstić information content (AvgIpc) is 3.36. The third-order valence-corrected chi connectivity index (χ3v) is 5.74. The molecule has 0 bridgehead atoms. The fraction of sp³-hybridized carbons (Fsp3) is 0.148. The summed E-state index contributed by atoms with van der Waals surface area (Å²) in [7, 11) is 0. The largest absolute Gasteiger partial charge is 0.487 e. The Hall–Kier alpha value is -4.23. The zero-order chi connectivity index (χ0) is 23.5. The van der Waals surface area contributed by atoms with Crippen LogP contribution in [0.2, 0.25) is 0 Å². The predicted molar refractivity (Wildman–Crippen MR) is 128 cm³/mol. The molecule has 1 aromatic heterocycles. The molecule has 2 N–H and O–H groups in total. The Bertz CT molecular complexity index is 1280. The number of carbonyl (C=O) groups is 1. The number of nitrogens with zero attached hydrogens (tertiary/aromatic N) is 2. The lowest BCUT2D eigenvalue weighted by Gasteiger charge is -2.41. The summed E-state index contributed by atoms with van der Waals surface area (Å²) in [4.78, 5) is 13.9. The molecular formula is C27H24N2O5. The SMILES string of the molecule is O=C(O)c1cccc(N2CC(Oc3ccc(Oc4cccc(CO)c4)cc3)C2)c1-n1cccc1. The van der Waals surface area contributed by atoms with Crippen LogP contribution in [0, 0.1) is 0 Å². The van der Waals surface area contributed by atoms with Gasteiger partial charge in [-0.25, -0.2) is 4.79 Å². The Morgan fingerprint density at radius 1 is 0.882 bits per heavy atom. The van der Waals surface area contributed by atoms with E-state index in [1.54, 1.807) is 18.2 Å². The van der Waals surface area contributed by atoms with Gasteiger partial charge in [-0.3, -0.25) is 0 Å². The normalized spacial score (nSPS) is 13.4. The van der Waals surface area contributed by atoms with Crippen molar-refractivity contribution in [1.82, 2.24) is 4.57 Å². The van der Waals surface area contributed by atoms with E-state index in [1.807, 2.05) is 77.6 Å².